The van der Waals surface area contributed by atoms with Gasteiger partial charge in [-0.3, -0.25) is 4.79 Å². The third-order valence-electron chi connectivity index (χ3n) is 3.62. The van der Waals surface area contributed by atoms with E-state index >= 15 is 0 Å². The van der Waals surface area contributed by atoms with Gasteiger partial charge in [-0.1, -0.05) is 18.2 Å². The second kappa shape index (κ2) is 4.96. The summed E-state index contributed by atoms with van der Waals surface area (Å²) in [6.07, 6.45) is 2.49. The van der Waals surface area contributed by atoms with Gasteiger partial charge in [0.2, 0.25) is 5.88 Å². The number of ether oxygens (including phenoxy) is 1. The van der Waals surface area contributed by atoms with E-state index in [1.165, 1.54) is 5.56 Å². The molecule has 1 aromatic carbocycles. The number of hydrogen-bond acceptors (Lipinski definition) is 3. The standard InChI is InChI=1S/C16H16N2O2/c1-11-9-12-5-3-4-6-14(12)18(11)16(19)13-7-8-17-15(10-13)20-2/h3-8,10-11H,9H2,1-2H3. The summed E-state index contributed by atoms with van der Waals surface area (Å²) in [7, 11) is 1.55. The van der Waals surface area contributed by atoms with Crippen LogP contribution in [0.1, 0.15) is 22.8 Å². The van der Waals surface area contributed by atoms with Crippen LogP contribution >= 0.6 is 0 Å². The van der Waals surface area contributed by atoms with Gasteiger partial charge in [0.1, 0.15) is 0 Å². The maximum atomic E-state index is 12.7. The Balaban J connectivity index is 1.98. The maximum absolute atomic E-state index is 12.7. The van der Waals surface area contributed by atoms with Crippen molar-refractivity contribution in [1.29, 1.82) is 0 Å². The molecule has 0 saturated carbocycles. The molecule has 1 atom stereocenters. The Morgan fingerprint density at radius 2 is 2.15 bits per heavy atom. The number of fused-ring (bicyclic) bond motifs is 1. The number of rotatable bonds is 2. The van der Waals surface area contributed by atoms with Gasteiger partial charge in [-0.15, -0.1) is 0 Å². The molecule has 4 heteroatoms. The van der Waals surface area contributed by atoms with Gasteiger partial charge in [0.05, 0.1) is 7.11 Å². The lowest BCUT2D eigenvalue weighted by Crippen LogP contribution is -2.35. The second-order valence-corrected chi connectivity index (χ2v) is 4.94. The summed E-state index contributed by atoms with van der Waals surface area (Å²) < 4.78 is 5.08. The molecule has 20 heavy (non-hydrogen) atoms. The number of benzene rings is 1. The number of carbonyl (C=O) groups is 1. The van der Waals surface area contributed by atoms with Crippen LogP contribution in [0.3, 0.4) is 0 Å². The number of carbonyl (C=O) groups excluding carboxylic acids is 1. The van der Waals surface area contributed by atoms with Crippen LogP contribution in [0.25, 0.3) is 0 Å². The van der Waals surface area contributed by atoms with Crippen molar-refractivity contribution in [2.24, 2.45) is 0 Å². The molecule has 1 unspecified atom stereocenters. The average Bonchev–Trinajstić information content (AvgIpc) is 2.82. The molecule has 0 radical (unpaired) electrons. The molecule has 102 valence electrons. The molecule has 0 bridgehead atoms. The van der Waals surface area contributed by atoms with Crippen molar-refractivity contribution in [2.75, 3.05) is 12.0 Å². The summed E-state index contributed by atoms with van der Waals surface area (Å²) in [6.45, 7) is 2.07. The van der Waals surface area contributed by atoms with Crippen molar-refractivity contribution in [3.63, 3.8) is 0 Å². The number of nitrogens with zero attached hydrogens (tertiary/aromatic N) is 2. The SMILES string of the molecule is COc1cc(C(=O)N2c3ccccc3CC2C)ccn1. The largest absolute Gasteiger partial charge is 0.481 e. The number of aromatic nitrogens is 1. The third-order valence-corrected chi connectivity index (χ3v) is 3.62. The molecular weight excluding hydrogens is 252 g/mol. The Morgan fingerprint density at radius 1 is 1.35 bits per heavy atom. The van der Waals surface area contributed by atoms with Crippen molar-refractivity contribution in [1.82, 2.24) is 4.98 Å². The summed E-state index contributed by atoms with van der Waals surface area (Å²) in [5.74, 6) is 0.444. The molecule has 2 aromatic rings. The van der Waals surface area contributed by atoms with E-state index in [1.807, 2.05) is 23.1 Å². The van der Waals surface area contributed by atoms with Gasteiger partial charge >= 0.3 is 0 Å². The Hall–Kier alpha value is -2.36. The van der Waals surface area contributed by atoms with Crippen LogP contribution in [-0.4, -0.2) is 24.0 Å². The normalized spacial score (nSPS) is 16.9. The van der Waals surface area contributed by atoms with Gasteiger partial charge in [-0.25, -0.2) is 4.98 Å². The highest BCUT2D eigenvalue weighted by molar-refractivity contribution is 6.07. The Kier molecular flexibility index (Phi) is 3.14. The first-order chi connectivity index (χ1) is 9.70. The van der Waals surface area contributed by atoms with Crippen LogP contribution in [-0.2, 0) is 6.42 Å². The van der Waals surface area contributed by atoms with Gasteiger partial charge in [-0.2, -0.15) is 0 Å². The number of hydrogen-bond donors (Lipinski definition) is 0. The lowest BCUT2D eigenvalue weighted by molar-refractivity contribution is 0.0981. The van der Waals surface area contributed by atoms with E-state index in [1.54, 1.807) is 25.4 Å². The van der Waals surface area contributed by atoms with Crippen LogP contribution in [0.15, 0.2) is 42.6 Å². The van der Waals surface area contributed by atoms with E-state index in [-0.39, 0.29) is 11.9 Å². The maximum Gasteiger partial charge on any atom is 0.258 e. The minimum absolute atomic E-state index is 0.0110. The first kappa shape index (κ1) is 12.7. The molecule has 0 fully saturated rings. The summed E-state index contributed by atoms with van der Waals surface area (Å²) in [5, 5.41) is 0. The highest BCUT2D eigenvalue weighted by Crippen LogP contribution is 2.33. The highest BCUT2D eigenvalue weighted by Gasteiger charge is 2.31. The third kappa shape index (κ3) is 2.03. The zero-order valence-electron chi connectivity index (χ0n) is 11.5. The Morgan fingerprint density at radius 3 is 2.95 bits per heavy atom. The van der Waals surface area contributed by atoms with Gasteiger partial charge in [0.15, 0.2) is 0 Å². The molecule has 1 aliphatic rings. The van der Waals surface area contributed by atoms with E-state index < -0.39 is 0 Å². The van der Waals surface area contributed by atoms with Crippen LogP contribution in [0.4, 0.5) is 5.69 Å². The molecular formula is C16H16N2O2. The molecule has 0 saturated heterocycles. The molecule has 0 spiro atoms. The summed E-state index contributed by atoms with van der Waals surface area (Å²) in [6, 6.07) is 11.6. The fourth-order valence-electron chi connectivity index (χ4n) is 2.67. The van der Waals surface area contributed by atoms with Crippen molar-refractivity contribution in [3.8, 4) is 5.88 Å². The van der Waals surface area contributed by atoms with E-state index in [4.69, 9.17) is 4.74 Å². The smallest absolute Gasteiger partial charge is 0.258 e. The van der Waals surface area contributed by atoms with E-state index in [2.05, 4.69) is 18.0 Å². The lowest BCUT2D eigenvalue weighted by atomic mass is 10.1. The summed E-state index contributed by atoms with van der Waals surface area (Å²) in [5.41, 5.74) is 2.82. The topological polar surface area (TPSA) is 42.4 Å². The van der Waals surface area contributed by atoms with Crippen LogP contribution < -0.4 is 9.64 Å². The molecule has 3 rings (SSSR count). The Labute approximate surface area is 118 Å². The molecule has 1 amide bonds. The molecule has 0 aliphatic carbocycles. The predicted molar refractivity (Wildman–Crippen MR) is 77.2 cm³/mol. The van der Waals surface area contributed by atoms with Gasteiger partial charge in [-0.05, 0) is 31.0 Å². The number of methoxy groups -OCH3 is 1. The molecule has 2 heterocycles. The van der Waals surface area contributed by atoms with Crippen LogP contribution in [0, 0.1) is 0 Å². The summed E-state index contributed by atoms with van der Waals surface area (Å²) in [4.78, 5) is 18.6. The van der Waals surface area contributed by atoms with Crippen molar-refractivity contribution in [3.05, 3.63) is 53.7 Å². The fraction of sp³-hybridized carbons (Fsp3) is 0.250. The van der Waals surface area contributed by atoms with Crippen LogP contribution in [0.5, 0.6) is 5.88 Å². The van der Waals surface area contributed by atoms with Crippen LogP contribution in [0.2, 0.25) is 0 Å². The quantitative estimate of drug-likeness (QED) is 0.841. The number of anilines is 1. The second-order valence-electron chi connectivity index (χ2n) is 4.94. The highest BCUT2D eigenvalue weighted by atomic mass is 16.5. The molecule has 0 N–H and O–H groups in total. The predicted octanol–water partition coefficient (Wildman–Crippen LogP) is 2.68. The molecule has 4 nitrogen and oxygen atoms in total. The number of pyridine rings is 1. The monoisotopic (exact) mass is 268 g/mol. The van der Waals surface area contributed by atoms with Gasteiger partial charge < -0.3 is 9.64 Å². The zero-order chi connectivity index (χ0) is 14.1. The van der Waals surface area contributed by atoms with Gasteiger partial charge in [0.25, 0.3) is 5.91 Å². The van der Waals surface area contributed by atoms with E-state index in [0.717, 1.165) is 12.1 Å². The Bertz CT molecular complexity index is 654. The lowest BCUT2D eigenvalue weighted by Gasteiger charge is -2.22. The molecule has 1 aliphatic heterocycles. The van der Waals surface area contributed by atoms with Gasteiger partial charge in [0, 0.05) is 29.6 Å². The minimum atomic E-state index is -0.0110. The molecule has 1 aromatic heterocycles. The number of para-hydroxylation sites is 1. The fourth-order valence-corrected chi connectivity index (χ4v) is 2.67. The van der Waals surface area contributed by atoms with E-state index in [9.17, 15) is 4.79 Å². The van der Waals surface area contributed by atoms with Crippen molar-refractivity contribution < 1.29 is 9.53 Å². The number of amides is 1. The summed E-state index contributed by atoms with van der Waals surface area (Å²) >= 11 is 0. The average molecular weight is 268 g/mol. The van der Waals surface area contributed by atoms with Crippen molar-refractivity contribution >= 4 is 11.6 Å². The van der Waals surface area contributed by atoms with E-state index in [0.29, 0.717) is 11.4 Å². The first-order valence-corrected chi connectivity index (χ1v) is 6.62. The minimum Gasteiger partial charge on any atom is -0.481 e. The first-order valence-electron chi connectivity index (χ1n) is 6.62. The van der Waals surface area contributed by atoms with Crippen molar-refractivity contribution in [2.45, 2.75) is 19.4 Å². The zero-order valence-corrected chi connectivity index (χ0v) is 11.5.